The molecule has 7 heteroatoms. The predicted molar refractivity (Wildman–Crippen MR) is 105 cm³/mol. The maximum atomic E-state index is 13.1. The number of H-pyrrole nitrogens is 1. The van der Waals surface area contributed by atoms with E-state index in [1.807, 2.05) is 36.4 Å². The number of fused-ring (bicyclic) bond motifs is 2. The van der Waals surface area contributed by atoms with Gasteiger partial charge in [-0.25, -0.2) is 0 Å². The van der Waals surface area contributed by atoms with Gasteiger partial charge in [0.2, 0.25) is 5.91 Å². The van der Waals surface area contributed by atoms with Crippen LogP contribution in [0.3, 0.4) is 0 Å². The summed E-state index contributed by atoms with van der Waals surface area (Å²) in [7, 11) is 0. The van der Waals surface area contributed by atoms with Gasteiger partial charge in [0.15, 0.2) is 0 Å². The Hall–Kier alpha value is -3.09. The van der Waals surface area contributed by atoms with Crippen molar-refractivity contribution in [2.45, 2.75) is 44.3 Å². The molecule has 1 aromatic carbocycles. The monoisotopic (exact) mass is 377 g/mol. The maximum absolute atomic E-state index is 13.1. The molecule has 2 aromatic heterocycles. The average Bonchev–Trinajstić information content (AvgIpc) is 3.45. The van der Waals surface area contributed by atoms with Gasteiger partial charge < -0.3 is 15.2 Å². The Kier molecular flexibility index (Phi) is 4.15. The van der Waals surface area contributed by atoms with Crippen molar-refractivity contribution in [2.24, 2.45) is 0 Å². The van der Waals surface area contributed by atoms with Crippen molar-refractivity contribution in [1.29, 1.82) is 0 Å². The Bertz CT molecular complexity index is 997. The summed E-state index contributed by atoms with van der Waals surface area (Å²) in [6, 6.07) is 11.3. The van der Waals surface area contributed by atoms with E-state index in [1.165, 1.54) is 0 Å². The van der Waals surface area contributed by atoms with Crippen LogP contribution in [-0.4, -0.2) is 44.1 Å². The summed E-state index contributed by atoms with van der Waals surface area (Å²) in [5.74, 6) is -0.145. The van der Waals surface area contributed by atoms with Crippen LogP contribution in [0.15, 0.2) is 42.6 Å². The van der Waals surface area contributed by atoms with Crippen LogP contribution in [0.2, 0.25) is 0 Å². The fourth-order valence-electron chi connectivity index (χ4n) is 4.37. The number of amides is 2. The molecule has 5 rings (SSSR count). The van der Waals surface area contributed by atoms with Crippen molar-refractivity contribution in [3.63, 3.8) is 0 Å². The minimum atomic E-state index is -0.493. The van der Waals surface area contributed by atoms with Crippen LogP contribution >= 0.6 is 0 Å². The molecule has 1 aliphatic heterocycles. The van der Waals surface area contributed by atoms with Crippen LogP contribution in [0.1, 0.15) is 47.9 Å². The second-order valence-electron chi connectivity index (χ2n) is 7.73. The average molecular weight is 377 g/mol. The Morgan fingerprint density at radius 1 is 1.14 bits per heavy atom. The molecular formula is C21H23N5O2. The summed E-state index contributed by atoms with van der Waals surface area (Å²) in [4.78, 5) is 31.0. The zero-order chi connectivity index (χ0) is 19.1. The lowest BCUT2D eigenvalue weighted by Crippen LogP contribution is -2.48. The largest absolute Gasteiger partial charge is 0.351 e. The number of nitrogens with one attached hydrogen (secondary N) is 2. The van der Waals surface area contributed by atoms with Gasteiger partial charge in [-0.2, -0.15) is 5.10 Å². The van der Waals surface area contributed by atoms with Gasteiger partial charge in [-0.3, -0.25) is 14.3 Å². The number of rotatable bonds is 3. The molecular weight excluding hydrogens is 354 g/mol. The molecule has 7 nitrogen and oxygen atoms in total. The summed E-state index contributed by atoms with van der Waals surface area (Å²) < 4.78 is 1.76. The van der Waals surface area contributed by atoms with Gasteiger partial charge >= 0.3 is 0 Å². The summed E-state index contributed by atoms with van der Waals surface area (Å²) >= 11 is 0. The Balaban J connectivity index is 1.40. The number of carbonyl (C=O) groups excluding carboxylic acids is 2. The third-order valence-electron chi connectivity index (χ3n) is 5.85. The molecule has 0 spiro atoms. The lowest BCUT2D eigenvalue weighted by molar-refractivity contribution is -0.126. The second kappa shape index (κ2) is 6.82. The first-order valence-corrected chi connectivity index (χ1v) is 9.89. The molecule has 2 amide bonds. The smallest absolute Gasteiger partial charge is 0.270 e. The van der Waals surface area contributed by atoms with Crippen LogP contribution < -0.4 is 5.32 Å². The predicted octanol–water partition coefficient (Wildman–Crippen LogP) is 2.62. The van der Waals surface area contributed by atoms with Crippen molar-refractivity contribution in [2.75, 3.05) is 6.54 Å². The Morgan fingerprint density at radius 2 is 1.96 bits per heavy atom. The van der Waals surface area contributed by atoms with E-state index in [4.69, 9.17) is 0 Å². The number of benzene rings is 1. The molecule has 0 bridgehead atoms. The van der Waals surface area contributed by atoms with Gasteiger partial charge in [-0.05, 0) is 31.0 Å². The van der Waals surface area contributed by atoms with Crippen LogP contribution in [-0.2, 0) is 11.3 Å². The van der Waals surface area contributed by atoms with E-state index < -0.39 is 6.04 Å². The minimum Gasteiger partial charge on any atom is -0.351 e. The van der Waals surface area contributed by atoms with E-state index in [0.29, 0.717) is 18.8 Å². The fourth-order valence-corrected chi connectivity index (χ4v) is 4.37. The van der Waals surface area contributed by atoms with Crippen molar-refractivity contribution in [1.82, 2.24) is 25.0 Å². The molecule has 2 aliphatic rings. The zero-order valence-corrected chi connectivity index (χ0v) is 15.6. The molecule has 1 fully saturated rings. The van der Waals surface area contributed by atoms with Crippen molar-refractivity contribution < 1.29 is 9.59 Å². The minimum absolute atomic E-state index is 0.0500. The quantitative estimate of drug-likeness (QED) is 0.736. The normalized spacial score (nSPS) is 19.7. The van der Waals surface area contributed by atoms with Gasteiger partial charge in [0.1, 0.15) is 11.7 Å². The van der Waals surface area contributed by atoms with Gasteiger partial charge in [-0.15, -0.1) is 0 Å². The Labute approximate surface area is 162 Å². The van der Waals surface area contributed by atoms with E-state index in [2.05, 4.69) is 15.4 Å². The number of carbonyl (C=O) groups is 2. The molecule has 1 saturated carbocycles. The van der Waals surface area contributed by atoms with E-state index in [-0.39, 0.29) is 17.9 Å². The lowest BCUT2D eigenvalue weighted by Gasteiger charge is -2.33. The third-order valence-corrected chi connectivity index (χ3v) is 5.85. The number of aromatic amines is 1. The van der Waals surface area contributed by atoms with Gasteiger partial charge in [-0.1, -0.05) is 31.0 Å². The molecule has 1 atom stereocenters. The van der Waals surface area contributed by atoms with Gasteiger partial charge in [0, 0.05) is 23.1 Å². The summed E-state index contributed by atoms with van der Waals surface area (Å²) in [6.07, 6.45) is 6.08. The van der Waals surface area contributed by atoms with Crippen molar-refractivity contribution in [3.8, 4) is 0 Å². The number of nitrogens with zero attached hydrogens (tertiary/aromatic N) is 3. The fraction of sp³-hybridized carbons (Fsp3) is 0.381. The number of para-hydroxylation sites is 1. The number of hydrogen-bond donors (Lipinski definition) is 2. The molecule has 2 N–H and O–H groups in total. The zero-order valence-electron chi connectivity index (χ0n) is 15.6. The Morgan fingerprint density at radius 3 is 2.79 bits per heavy atom. The first-order chi connectivity index (χ1) is 13.7. The third kappa shape index (κ3) is 2.96. The second-order valence-corrected chi connectivity index (χ2v) is 7.73. The molecule has 1 aliphatic carbocycles. The summed E-state index contributed by atoms with van der Waals surface area (Å²) in [6.45, 7) is 0.767. The molecule has 3 aromatic rings. The molecule has 3 heterocycles. The topological polar surface area (TPSA) is 83.0 Å². The van der Waals surface area contributed by atoms with Gasteiger partial charge in [0.05, 0.1) is 18.8 Å². The highest BCUT2D eigenvalue weighted by molar-refractivity contribution is 5.98. The summed E-state index contributed by atoms with van der Waals surface area (Å²) in [5, 5.41) is 8.50. The first-order valence-electron chi connectivity index (χ1n) is 9.89. The van der Waals surface area contributed by atoms with Crippen LogP contribution in [0.4, 0.5) is 0 Å². The van der Waals surface area contributed by atoms with E-state index in [9.17, 15) is 9.59 Å². The molecule has 28 heavy (non-hydrogen) atoms. The van der Waals surface area contributed by atoms with Crippen molar-refractivity contribution >= 4 is 22.7 Å². The van der Waals surface area contributed by atoms with Crippen LogP contribution in [0, 0.1) is 0 Å². The first kappa shape index (κ1) is 17.0. The van der Waals surface area contributed by atoms with E-state index >= 15 is 0 Å². The summed E-state index contributed by atoms with van der Waals surface area (Å²) in [5.41, 5.74) is 2.36. The number of aromatic nitrogens is 3. The maximum Gasteiger partial charge on any atom is 0.270 e. The van der Waals surface area contributed by atoms with E-state index in [0.717, 1.165) is 42.3 Å². The van der Waals surface area contributed by atoms with Crippen LogP contribution in [0.5, 0.6) is 0 Å². The lowest BCUT2D eigenvalue weighted by atomic mass is 10.1. The van der Waals surface area contributed by atoms with E-state index in [1.54, 1.807) is 15.8 Å². The molecule has 0 radical (unpaired) electrons. The number of hydrogen-bond acceptors (Lipinski definition) is 3. The molecule has 144 valence electrons. The SMILES string of the molecule is O=C(NC1CCCC1)[C@H]1CN(C(=O)c2cc3ccccc3[nH]2)Cc2ccnn21. The standard InChI is InChI=1S/C21H23N5O2/c27-20(23-15-6-2-3-7-15)19-13-25(12-16-9-10-22-26(16)19)21(28)18-11-14-5-1-4-8-17(14)24-18/h1,4-5,8-11,15,19,24H,2-3,6-7,12-13H2,(H,23,27)/t19-/m1/s1. The van der Waals surface area contributed by atoms with Gasteiger partial charge in [0.25, 0.3) is 5.91 Å². The van der Waals surface area contributed by atoms with Crippen LogP contribution in [0.25, 0.3) is 10.9 Å². The molecule has 0 unspecified atom stereocenters. The molecule has 0 saturated heterocycles. The highest BCUT2D eigenvalue weighted by atomic mass is 16.2. The highest BCUT2D eigenvalue weighted by Gasteiger charge is 2.34. The highest BCUT2D eigenvalue weighted by Crippen LogP contribution is 2.25. The van der Waals surface area contributed by atoms with Crippen molar-refractivity contribution in [3.05, 3.63) is 54.0 Å².